The predicted octanol–water partition coefficient (Wildman–Crippen LogP) is 2.09. The third-order valence-corrected chi connectivity index (χ3v) is 4.20. The number of carbonyl (C=O) groups excluding carboxylic acids is 2. The third-order valence-electron chi connectivity index (χ3n) is 2.15. The number of amides is 2. The normalized spacial score (nSPS) is 10.2. The van der Waals surface area contributed by atoms with Crippen LogP contribution >= 0.6 is 23.1 Å². The van der Waals surface area contributed by atoms with Crippen LogP contribution in [0.25, 0.3) is 0 Å². The van der Waals surface area contributed by atoms with E-state index < -0.39 is 17.8 Å². The average molecular weight is 311 g/mol. The van der Waals surface area contributed by atoms with E-state index in [0.29, 0.717) is 4.90 Å². The number of carbonyl (C=O) groups is 3. The van der Waals surface area contributed by atoms with E-state index in [1.54, 1.807) is 11.4 Å². The number of carboxylic acid groups (broad SMARTS) is 1. The van der Waals surface area contributed by atoms with Crippen molar-refractivity contribution >= 4 is 40.9 Å². The van der Waals surface area contributed by atoms with Crippen LogP contribution in [-0.4, -0.2) is 28.6 Å². The minimum atomic E-state index is -1.00. The van der Waals surface area contributed by atoms with Crippen molar-refractivity contribution in [1.82, 2.24) is 5.32 Å². The molecule has 20 heavy (non-hydrogen) atoms. The topological polar surface area (TPSA) is 96.6 Å². The number of thiophene rings is 1. The Balaban J connectivity index is 1.83. The van der Waals surface area contributed by atoms with Gasteiger partial charge in [0.15, 0.2) is 5.76 Å². The van der Waals surface area contributed by atoms with Gasteiger partial charge in [0, 0.05) is 10.3 Å². The van der Waals surface area contributed by atoms with Crippen molar-refractivity contribution in [2.45, 2.75) is 4.90 Å². The van der Waals surface area contributed by atoms with Crippen molar-refractivity contribution in [3.63, 3.8) is 0 Å². The number of hydrogen-bond acceptors (Lipinski definition) is 6. The predicted molar refractivity (Wildman–Crippen MR) is 73.2 cm³/mol. The monoisotopic (exact) mass is 311 g/mol. The standard InChI is InChI=1S/C12H9NO5S2/c14-10(13-11(15)8-2-1-3-18-8)6-19-7-4-9(12(16)17)20-5-7/h1-5H,6H2,(H,16,17)(H,13,14,15). The molecule has 0 aliphatic carbocycles. The Morgan fingerprint density at radius 2 is 2.20 bits per heavy atom. The van der Waals surface area contributed by atoms with Crippen LogP contribution in [0, 0.1) is 0 Å². The average Bonchev–Trinajstić information content (AvgIpc) is 3.07. The van der Waals surface area contributed by atoms with Crippen molar-refractivity contribution in [2.75, 3.05) is 5.75 Å². The first-order valence-electron chi connectivity index (χ1n) is 5.38. The summed E-state index contributed by atoms with van der Waals surface area (Å²) in [5, 5.41) is 12.6. The Labute approximate surface area is 121 Å². The molecule has 0 unspecified atom stereocenters. The van der Waals surface area contributed by atoms with Crippen molar-refractivity contribution < 1.29 is 23.9 Å². The second-order valence-corrected chi connectivity index (χ2v) is 5.56. The van der Waals surface area contributed by atoms with E-state index in [2.05, 4.69) is 5.32 Å². The molecule has 2 amide bonds. The van der Waals surface area contributed by atoms with Crippen LogP contribution in [0.3, 0.4) is 0 Å². The largest absolute Gasteiger partial charge is 0.477 e. The number of rotatable bonds is 5. The molecule has 0 saturated carbocycles. The molecule has 2 N–H and O–H groups in total. The van der Waals surface area contributed by atoms with Crippen LogP contribution in [0.1, 0.15) is 20.2 Å². The molecule has 8 heteroatoms. The zero-order chi connectivity index (χ0) is 14.5. The summed E-state index contributed by atoms with van der Waals surface area (Å²) in [7, 11) is 0. The Morgan fingerprint density at radius 1 is 1.40 bits per heavy atom. The number of carboxylic acids is 1. The fourth-order valence-electron chi connectivity index (χ4n) is 1.29. The minimum absolute atomic E-state index is 0.0161. The summed E-state index contributed by atoms with van der Waals surface area (Å²) in [5.41, 5.74) is 0. The van der Waals surface area contributed by atoms with Gasteiger partial charge in [0.25, 0.3) is 5.91 Å². The van der Waals surface area contributed by atoms with Crippen LogP contribution in [-0.2, 0) is 4.79 Å². The molecule has 0 atom stereocenters. The van der Waals surface area contributed by atoms with Gasteiger partial charge in [0.2, 0.25) is 5.91 Å². The van der Waals surface area contributed by atoms with Crippen molar-refractivity contribution in [2.24, 2.45) is 0 Å². The van der Waals surface area contributed by atoms with Gasteiger partial charge in [0.1, 0.15) is 4.88 Å². The molecular weight excluding hydrogens is 302 g/mol. The maximum atomic E-state index is 11.6. The summed E-state index contributed by atoms with van der Waals surface area (Å²) in [6.45, 7) is 0. The fourth-order valence-corrected chi connectivity index (χ4v) is 2.96. The quantitative estimate of drug-likeness (QED) is 0.821. The highest BCUT2D eigenvalue weighted by atomic mass is 32.2. The Morgan fingerprint density at radius 3 is 2.80 bits per heavy atom. The van der Waals surface area contributed by atoms with Crippen LogP contribution < -0.4 is 5.32 Å². The van der Waals surface area contributed by atoms with Crippen LogP contribution in [0.2, 0.25) is 0 Å². The molecule has 0 saturated heterocycles. The molecule has 0 radical (unpaired) electrons. The number of hydrogen-bond donors (Lipinski definition) is 2. The lowest BCUT2D eigenvalue weighted by Gasteiger charge is -2.00. The van der Waals surface area contributed by atoms with Crippen LogP contribution in [0.4, 0.5) is 0 Å². The first kappa shape index (κ1) is 14.4. The van der Waals surface area contributed by atoms with Gasteiger partial charge in [-0.2, -0.15) is 0 Å². The highest BCUT2D eigenvalue weighted by Crippen LogP contribution is 2.24. The molecule has 2 rings (SSSR count). The van der Waals surface area contributed by atoms with Gasteiger partial charge in [-0.1, -0.05) is 0 Å². The number of imide groups is 1. The summed E-state index contributed by atoms with van der Waals surface area (Å²) in [6.07, 6.45) is 1.34. The Hall–Kier alpha value is -2.06. The third kappa shape index (κ3) is 3.72. The van der Waals surface area contributed by atoms with E-state index in [4.69, 9.17) is 9.52 Å². The molecule has 6 nitrogen and oxygen atoms in total. The maximum absolute atomic E-state index is 11.6. The van der Waals surface area contributed by atoms with E-state index in [-0.39, 0.29) is 16.4 Å². The Bertz CT molecular complexity index is 632. The summed E-state index contributed by atoms with van der Waals surface area (Å²) >= 11 is 2.25. The number of nitrogens with one attached hydrogen (secondary N) is 1. The Kier molecular flexibility index (Phi) is 4.59. The molecule has 2 aromatic heterocycles. The summed E-state index contributed by atoms with van der Waals surface area (Å²) in [6, 6.07) is 4.49. The number of thioether (sulfide) groups is 1. The van der Waals surface area contributed by atoms with Gasteiger partial charge in [-0.15, -0.1) is 23.1 Å². The molecule has 2 heterocycles. The zero-order valence-corrected chi connectivity index (χ0v) is 11.6. The summed E-state index contributed by atoms with van der Waals surface area (Å²) in [4.78, 5) is 34.6. The minimum Gasteiger partial charge on any atom is -0.477 e. The number of aromatic carboxylic acids is 1. The van der Waals surface area contributed by atoms with E-state index >= 15 is 0 Å². The SMILES string of the molecule is O=C(CSc1csc(C(=O)O)c1)NC(=O)c1ccco1. The van der Waals surface area contributed by atoms with Crippen LogP contribution in [0.15, 0.2) is 39.2 Å². The first-order chi connectivity index (χ1) is 9.56. The van der Waals surface area contributed by atoms with Gasteiger partial charge in [-0.3, -0.25) is 14.9 Å². The van der Waals surface area contributed by atoms with E-state index in [0.717, 1.165) is 23.1 Å². The van der Waals surface area contributed by atoms with Gasteiger partial charge >= 0.3 is 5.97 Å². The second kappa shape index (κ2) is 6.40. The van der Waals surface area contributed by atoms with Crippen LogP contribution in [0.5, 0.6) is 0 Å². The highest BCUT2D eigenvalue weighted by molar-refractivity contribution is 8.00. The molecule has 0 aliphatic rings. The van der Waals surface area contributed by atoms with Crippen molar-refractivity contribution in [3.8, 4) is 0 Å². The molecule has 104 valence electrons. The maximum Gasteiger partial charge on any atom is 0.345 e. The van der Waals surface area contributed by atoms with Gasteiger partial charge in [-0.25, -0.2) is 4.79 Å². The zero-order valence-electron chi connectivity index (χ0n) is 9.99. The van der Waals surface area contributed by atoms with E-state index in [1.165, 1.54) is 18.4 Å². The molecule has 2 aromatic rings. The smallest absolute Gasteiger partial charge is 0.345 e. The van der Waals surface area contributed by atoms with Crippen molar-refractivity contribution in [3.05, 3.63) is 40.5 Å². The molecule has 0 bridgehead atoms. The van der Waals surface area contributed by atoms with E-state index in [1.807, 2.05) is 0 Å². The summed E-state index contributed by atoms with van der Waals surface area (Å²) in [5.74, 6) is -2.00. The van der Waals surface area contributed by atoms with Crippen molar-refractivity contribution in [1.29, 1.82) is 0 Å². The van der Waals surface area contributed by atoms with Gasteiger partial charge in [-0.05, 0) is 18.2 Å². The number of furan rings is 1. The molecular formula is C12H9NO5S2. The lowest BCUT2D eigenvalue weighted by atomic mass is 10.4. The molecule has 0 aromatic carbocycles. The molecule has 0 aliphatic heterocycles. The highest BCUT2D eigenvalue weighted by Gasteiger charge is 2.13. The van der Waals surface area contributed by atoms with E-state index in [9.17, 15) is 14.4 Å². The fraction of sp³-hybridized carbons (Fsp3) is 0.0833. The van der Waals surface area contributed by atoms with Gasteiger partial charge in [0.05, 0.1) is 12.0 Å². The molecule has 0 fully saturated rings. The molecule has 0 spiro atoms. The summed E-state index contributed by atoms with van der Waals surface area (Å²) < 4.78 is 4.85. The lowest BCUT2D eigenvalue weighted by Crippen LogP contribution is -2.31. The first-order valence-corrected chi connectivity index (χ1v) is 7.25. The van der Waals surface area contributed by atoms with Gasteiger partial charge < -0.3 is 9.52 Å². The second-order valence-electron chi connectivity index (χ2n) is 3.60. The lowest BCUT2D eigenvalue weighted by molar-refractivity contribution is -0.117.